The molecule has 2 rings (SSSR count). The van der Waals surface area contributed by atoms with Crippen LogP contribution in [0, 0.1) is 11.8 Å². The first-order valence-electron chi connectivity index (χ1n) is 8.46. The Labute approximate surface area is 139 Å². The first kappa shape index (κ1) is 17.7. The molecule has 0 radical (unpaired) electrons. The van der Waals surface area contributed by atoms with Gasteiger partial charge < -0.3 is 5.32 Å². The highest BCUT2D eigenvalue weighted by atomic mass is 16.1. The summed E-state index contributed by atoms with van der Waals surface area (Å²) in [6, 6.07) is 0. The third-order valence-electron chi connectivity index (χ3n) is 4.57. The lowest BCUT2D eigenvalue weighted by atomic mass is 9.88. The molecule has 1 aliphatic heterocycles. The van der Waals surface area contributed by atoms with Crippen molar-refractivity contribution >= 4 is 12.0 Å². The van der Waals surface area contributed by atoms with E-state index in [0.29, 0.717) is 6.54 Å². The number of nitrogens with one attached hydrogen (secondary N) is 1. The Morgan fingerprint density at radius 1 is 1.39 bits per heavy atom. The topological polar surface area (TPSA) is 50.2 Å². The first-order valence-corrected chi connectivity index (χ1v) is 8.46. The molecule has 1 aromatic heterocycles. The molecule has 128 valence electrons. The molecule has 2 atom stereocenters. The Bertz CT molecular complexity index is 551. The van der Waals surface area contributed by atoms with Crippen LogP contribution in [0.15, 0.2) is 18.5 Å². The van der Waals surface area contributed by atoms with Gasteiger partial charge in [-0.15, -0.1) is 0 Å². The van der Waals surface area contributed by atoms with Crippen molar-refractivity contribution in [1.82, 2.24) is 20.0 Å². The molecule has 0 aromatic carbocycles. The van der Waals surface area contributed by atoms with E-state index in [1.807, 2.05) is 13.2 Å². The van der Waals surface area contributed by atoms with Crippen LogP contribution in [0.2, 0.25) is 0 Å². The summed E-state index contributed by atoms with van der Waals surface area (Å²) in [6.45, 7) is 11.9. The predicted molar refractivity (Wildman–Crippen MR) is 93.8 cm³/mol. The molecule has 1 amide bonds. The number of hydrogen-bond donors (Lipinski definition) is 1. The summed E-state index contributed by atoms with van der Waals surface area (Å²) in [5.74, 6) is 1.39. The zero-order valence-electron chi connectivity index (χ0n) is 15.0. The zero-order valence-corrected chi connectivity index (χ0v) is 15.0. The minimum Gasteiger partial charge on any atom is -0.351 e. The minimum absolute atomic E-state index is 0.0270. The van der Waals surface area contributed by atoms with Gasteiger partial charge in [0, 0.05) is 50.1 Å². The SMILES string of the molecule is C[C@@H]1C[C@H](C)CN(C(C)(C)CNC(=O)/C=C\c2cnn(C)c2)C1. The van der Waals surface area contributed by atoms with E-state index >= 15 is 0 Å². The second kappa shape index (κ2) is 7.30. The number of rotatable bonds is 5. The Hall–Kier alpha value is -1.62. The maximum Gasteiger partial charge on any atom is 0.244 e. The highest BCUT2D eigenvalue weighted by Crippen LogP contribution is 2.26. The molecule has 23 heavy (non-hydrogen) atoms. The largest absolute Gasteiger partial charge is 0.351 e. The molecule has 0 aliphatic carbocycles. The average Bonchev–Trinajstić information content (AvgIpc) is 2.88. The highest BCUT2D eigenvalue weighted by Gasteiger charge is 2.32. The van der Waals surface area contributed by atoms with Gasteiger partial charge in [-0.25, -0.2) is 0 Å². The summed E-state index contributed by atoms with van der Waals surface area (Å²) in [5, 5.41) is 7.11. The standard InChI is InChI=1S/C18H30N4O/c1-14-8-15(2)11-22(10-14)18(3,4)13-19-17(23)7-6-16-9-20-21(5)12-16/h6-7,9,12,14-15H,8,10-11,13H2,1-5H3,(H,19,23)/b7-6-/t14-,15+. The van der Waals surface area contributed by atoms with Crippen molar-refractivity contribution in [3.05, 3.63) is 24.0 Å². The fraction of sp³-hybridized carbons (Fsp3) is 0.667. The highest BCUT2D eigenvalue weighted by molar-refractivity contribution is 5.91. The molecule has 1 aliphatic rings. The number of hydrogen-bond acceptors (Lipinski definition) is 3. The summed E-state index contributed by atoms with van der Waals surface area (Å²) >= 11 is 0. The maximum atomic E-state index is 12.0. The minimum atomic E-state index is -0.0555. The van der Waals surface area contributed by atoms with Crippen molar-refractivity contribution in [2.45, 2.75) is 39.7 Å². The number of carbonyl (C=O) groups is 1. The van der Waals surface area contributed by atoms with Crippen LogP contribution in [-0.4, -0.2) is 45.8 Å². The predicted octanol–water partition coefficient (Wildman–Crippen LogP) is 2.31. The van der Waals surface area contributed by atoms with Crippen molar-refractivity contribution in [2.75, 3.05) is 19.6 Å². The molecule has 0 spiro atoms. The fourth-order valence-corrected chi connectivity index (χ4v) is 3.33. The van der Waals surface area contributed by atoms with Crippen molar-refractivity contribution in [3.63, 3.8) is 0 Å². The quantitative estimate of drug-likeness (QED) is 0.848. The molecular weight excluding hydrogens is 288 g/mol. The molecule has 1 fully saturated rings. The maximum absolute atomic E-state index is 12.0. The number of carbonyl (C=O) groups excluding carboxylic acids is 1. The van der Waals surface area contributed by atoms with Gasteiger partial charge in [0.1, 0.15) is 0 Å². The van der Waals surface area contributed by atoms with E-state index in [-0.39, 0.29) is 11.4 Å². The molecule has 0 unspecified atom stereocenters. The third-order valence-corrected chi connectivity index (χ3v) is 4.57. The lowest BCUT2D eigenvalue weighted by Crippen LogP contribution is -2.56. The van der Waals surface area contributed by atoms with Gasteiger partial charge in [0.25, 0.3) is 0 Å². The summed E-state index contributed by atoms with van der Waals surface area (Å²) in [5.41, 5.74) is 0.904. The van der Waals surface area contributed by atoms with Gasteiger partial charge in [-0.05, 0) is 38.2 Å². The number of likely N-dealkylation sites (tertiary alicyclic amines) is 1. The van der Waals surface area contributed by atoms with E-state index in [1.165, 1.54) is 6.42 Å². The molecule has 2 heterocycles. The van der Waals surface area contributed by atoms with E-state index in [0.717, 1.165) is 30.5 Å². The lowest BCUT2D eigenvalue weighted by Gasteiger charge is -2.45. The van der Waals surface area contributed by atoms with Crippen LogP contribution in [-0.2, 0) is 11.8 Å². The molecule has 5 nitrogen and oxygen atoms in total. The summed E-state index contributed by atoms with van der Waals surface area (Å²) in [4.78, 5) is 14.5. The van der Waals surface area contributed by atoms with Crippen LogP contribution in [0.3, 0.4) is 0 Å². The number of amides is 1. The number of aromatic nitrogens is 2. The van der Waals surface area contributed by atoms with Gasteiger partial charge in [0.05, 0.1) is 6.20 Å². The van der Waals surface area contributed by atoms with E-state index in [1.54, 1.807) is 23.0 Å². The van der Waals surface area contributed by atoms with Crippen LogP contribution in [0.5, 0.6) is 0 Å². The normalized spacial score (nSPS) is 23.3. The molecule has 0 bridgehead atoms. The van der Waals surface area contributed by atoms with Gasteiger partial charge in [-0.3, -0.25) is 14.4 Å². The Morgan fingerprint density at radius 2 is 2.04 bits per heavy atom. The van der Waals surface area contributed by atoms with Crippen LogP contribution < -0.4 is 5.32 Å². The van der Waals surface area contributed by atoms with Crippen LogP contribution in [0.4, 0.5) is 0 Å². The van der Waals surface area contributed by atoms with E-state index in [4.69, 9.17) is 0 Å². The second-order valence-corrected chi connectivity index (χ2v) is 7.66. The summed E-state index contributed by atoms with van der Waals surface area (Å²) in [7, 11) is 1.86. The Morgan fingerprint density at radius 3 is 2.61 bits per heavy atom. The van der Waals surface area contributed by atoms with Gasteiger partial charge in [0.15, 0.2) is 0 Å². The average molecular weight is 318 g/mol. The van der Waals surface area contributed by atoms with Crippen molar-refractivity contribution in [2.24, 2.45) is 18.9 Å². The summed E-state index contributed by atoms with van der Waals surface area (Å²) in [6.07, 6.45) is 8.29. The number of nitrogens with zero attached hydrogens (tertiary/aromatic N) is 3. The lowest BCUT2D eigenvalue weighted by molar-refractivity contribution is -0.117. The molecule has 0 saturated carbocycles. The smallest absolute Gasteiger partial charge is 0.244 e. The number of piperidine rings is 1. The molecular formula is C18H30N4O. The molecule has 1 aromatic rings. The monoisotopic (exact) mass is 318 g/mol. The molecule has 1 N–H and O–H groups in total. The zero-order chi connectivity index (χ0) is 17.0. The number of aryl methyl sites for hydroxylation is 1. The van der Waals surface area contributed by atoms with Crippen LogP contribution in [0.1, 0.15) is 39.7 Å². The van der Waals surface area contributed by atoms with Gasteiger partial charge >= 0.3 is 0 Å². The second-order valence-electron chi connectivity index (χ2n) is 7.66. The van der Waals surface area contributed by atoms with E-state index in [9.17, 15) is 4.79 Å². The van der Waals surface area contributed by atoms with Crippen LogP contribution in [0.25, 0.3) is 6.08 Å². The summed E-state index contributed by atoms with van der Waals surface area (Å²) < 4.78 is 1.72. The Kier molecular flexibility index (Phi) is 5.63. The van der Waals surface area contributed by atoms with Crippen molar-refractivity contribution in [3.8, 4) is 0 Å². The first-order chi connectivity index (χ1) is 10.8. The van der Waals surface area contributed by atoms with Gasteiger partial charge in [-0.1, -0.05) is 13.8 Å². The Balaban J connectivity index is 1.85. The third kappa shape index (κ3) is 5.20. The van der Waals surface area contributed by atoms with Crippen LogP contribution >= 0.6 is 0 Å². The van der Waals surface area contributed by atoms with Gasteiger partial charge in [-0.2, -0.15) is 5.10 Å². The van der Waals surface area contributed by atoms with E-state index in [2.05, 4.69) is 43.0 Å². The van der Waals surface area contributed by atoms with Gasteiger partial charge in [0.2, 0.25) is 5.91 Å². The van der Waals surface area contributed by atoms with Crippen molar-refractivity contribution in [1.29, 1.82) is 0 Å². The van der Waals surface area contributed by atoms with E-state index < -0.39 is 0 Å². The molecule has 1 saturated heterocycles. The molecule has 5 heteroatoms. The van der Waals surface area contributed by atoms with Crippen molar-refractivity contribution < 1.29 is 4.79 Å². The fourth-order valence-electron chi connectivity index (χ4n) is 3.33.